The molecule has 0 radical (unpaired) electrons. The highest BCUT2D eigenvalue weighted by molar-refractivity contribution is 5.99. The van der Waals surface area contributed by atoms with Gasteiger partial charge in [-0.3, -0.25) is 5.41 Å². The first-order valence-electron chi connectivity index (χ1n) is 6.81. The van der Waals surface area contributed by atoms with E-state index in [2.05, 4.69) is 15.1 Å². The minimum Gasteiger partial charge on any atom is -0.384 e. The van der Waals surface area contributed by atoms with Crippen molar-refractivity contribution in [2.45, 2.75) is 37.8 Å². The smallest absolute Gasteiger partial charge is 0.162 e. The molecule has 1 saturated carbocycles. The summed E-state index contributed by atoms with van der Waals surface area (Å²) >= 11 is 0. The van der Waals surface area contributed by atoms with Crippen LogP contribution in [0.2, 0.25) is 0 Å². The Hall–Kier alpha value is -1.69. The molecule has 2 aliphatic rings. The molecule has 1 aliphatic carbocycles. The summed E-state index contributed by atoms with van der Waals surface area (Å²) in [6.07, 6.45) is 6.53. The number of nitrogens with one attached hydrogen (secondary N) is 1. The van der Waals surface area contributed by atoms with Gasteiger partial charge in [-0.2, -0.15) is 5.10 Å². The highest BCUT2D eigenvalue weighted by Crippen LogP contribution is 2.32. The molecular formula is C13H19N5O. The molecule has 6 heteroatoms. The van der Waals surface area contributed by atoms with Crippen molar-refractivity contribution in [1.82, 2.24) is 10.2 Å². The molecule has 1 aromatic rings. The summed E-state index contributed by atoms with van der Waals surface area (Å²) in [7, 11) is 0. The number of nitrogens with two attached hydrogens (primary N) is 1. The fourth-order valence-electron chi connectivity index (χ4n) is 3.11. The van der Waals surface area contributed by atoms with Crippen LogP contribution in [0.5, 0.6) is 0 Å². The maximum atomic E-state index is 7.68. The minimum atomic E-state index is 0.0451. The maximum Gasteiger partial charge on any atom is 0.162 e. The molecule has 6 nitrogen and oxygen atoms in total. The number of aromatic nitrogens is 2. The summed E-state index contributed by atoms with van der Waals surface area (Å²) in [4.78, 5) is 2.23. The number of anilines is 1. The first kappa shape index (κ1) is 12.3. The average molecular weight is 261 g/mol. The number of fused-ring (bicyclic) bond motifs is 1. The van der Waals surface area contributed by atoms with Crippen LogP contribution in [0.25, 0.3) is 0 Å². The lowest BCUT2D eigenvalue weighted by Gasteiger charge is -2.44. The summed E-state index contributed by atoms with van der Waals surface area (Å²) in [5.74, 6) is 0.777. The Labute approximate surface area is 112 Å². The zero-order valence-electron chi connectivity index (χ0n) is 10.9. The Balaban J connectivity index is 1.94. The Bertz CT molecular complexity index is 476. The van der Waals surface area contributed by atoms with Crippen molar-refractivity contribution in [2.24, 2.45) is 5.73 Å². The van der Waals surface area contributed by atoms with Gasteiger partial charge in [-0.1, -0.05) is 12.8 Å². The molecule has 2 unspecified atom stereocenters. The topological polar surface area (TPSA) is 88.1 Å². The molecule has 2 fully saturated rings. The van der Waals surface area contributed by atoms with Gasteiger partial charge in [-0.05, 0) is 18.9 Å². The predicted molar refractivity (Wildman–Crippen MR) is 72.4 cm³/mol. The minimum absolute atomic E-state index is 0.0451. The van der Waals surface area contributed by atoms with Gasteiger partial charge in [-0.25, -0.2) is 0 Å². The second-order valence-corrected chi connectivity index (χ2v) is 5.14. The summed E-state index contributed by atoms with van der Waals surface area (Å²) in [6.45, 7) is 1.50. The van der Waals surface area contributed by atoms with Crippen LogP contribution in [-0.2, 0) is 4.74 Å². The van der Waals surface area contributed by atoms with E-state index < -0.39 is 0 Å². The SMILES string of the molecule is N=C(N)c1ccnnc1N1CCOC2CCCCC21. The molecule has 102 valence electrons. The monoisotopic (exact) mass is 261 g/mol. The van der Waals surface area contributed by atoms with Crippen LogP contribution in [0, 0.1) is 5.41 Å². The van der Waals surface area contributed by atoms with E-state index in [0.717, 1.165) is 25.2 Å². The number of hydrogen-bond donors (Lipinski definition) is 2. The molecule has 19 heavy (non-hydrogen) atoms. The third-order valence-corrected chi connectivity index (χ3v) is 4.00. The van der Waals surface area contributed by atoms with Crippen molar-refractivity contribution in [2.75, 3.05) is 18.1 Å². The van der Waals surface area contributed by atoms with Gasteiger partial charge in [0.1, 0.15) is 5.84 Å². The van der Waals surface area contributed by atoms with Crippen LogP contribution in [0.1, 0.15) is 31.2 Å². The Kier molecular flexibility index (Phi) is 3.33. The zero-order chi connectivity index (χ0) is 13.2. The van der Waals surface area contributed by atoms with Gasteiger partial charge in [0.15, 0.2) is 5.82 Å². The maximum absolute atomic E-state index is 7.68. The molecule has 0 bridgehead atoms. The van der Waals surface area contributed by atoms with E-state index in [1.807, 2.05) is 0 Å². The highest BCUT2D eigenvalue weighted by atomic mass is 16.5. The number of morpholine rings is 1. The van der Waals surface area contributed by atoms with Crippen LogP contribution in [0.15, 0.2) is 12.3 Å². The van der Waals surface area contributed by atoms with Gasteiger partial charge < -0.3 is 15.4 Å². The third-order valence-electron chi connectivity index (χ3n) is 4.00. The average Bonchev–Trinajstić information content (AvgIpc) is 2.46. The molecule has 2 atom stereocenters. The molecule has 3 rings (SSSR count). The van der Waals surface area contributed by atoms with E-state index in [1.165, 1.54) is 12.8 Å². The van der Waals surface area contributed by atoms with E-state index in [-0.39, 0.29) is 11.9 Å². The van der Waals surface area contributed by atoms with Crippen molar-refractivity contribution < 1.29 is 4.74 Å². The molecule has 0 spiro atoms. The summed E-state index contributed by atoms with van der Waals surface area (Å²) in [6, 6.07) is 2.11. The standard InChI is InChI=1S/C13H19N5O/c14-12(15)9-5-6-16-17-13(9)18-7-8-19-11-4-2-1-3-10(11)18/h5-6,10-11H,1-4,7-8H2,(H3,14,15). The van der Waals surface area contributed by atoms with Gasteiger partial charge in [0, 0.05) is 6.54 Å². The van der Waals surface area contributed by atoms with Gasteiger partial charge in [0.05, 0.1) is 30.5 Å². The molecule has 3 N–H and O–H groups in total. The second kappa shape index (κ2) is 5.13. The van der Waals surface area contributed by atoms with Crippen molar-refractivity contribution in [3.8, 4) is 0 Å². The number of hydrogen-bond acceptors (Lipinski definition) is 5. The normalized spacial score (nSPS) is 26.8. The van der Waals surface area contributed by atoms with Crippen LogP contribution in [0.3, 0.4) is 0 Å². The Morgan fingerprint density at radius 2 is 2.26 bits per heavy atom. The first-order valence-corrected chi connectivity index (χ1v) is 6.81. The number of ether oxygens (including phenoxy) is 1. The van der Waals surface area contributed by atoms with Gasteiger partial charge in [0.2, 0.25) is 0 Å². The molecule has 1 saturated heterocycles. The van der Waals surface area contributed by atoms with Crippen molar-refractivity contribution >= 4 is 11.7 Å². The van der Waals surface area contributed by atoms with Crippen LogP contribution in [0.4, 0.5) is 5.82 Å². The fourth-order valence-corrected chi connectivity index (χ4v) is 3.11. The summed E-state index contributed by atoms with van der Waals surface area (Å²) in [5.41, 5.74) is 6.31. The fraction of sp³-hybridized carbons (Fsp3) is 0.615. The highest BCUT2D eigenvalue weighted by Gasteiger charge is 2.36. The van der Waals surface area contributed by atoms with Gasteiger partial charge in [0.25, 0.3) is 0 Å². The van der Waals surface area contributed by atoms with Crippen LogP contribution < -0.4 is 10.6 Å². The number of nitrogens with zero attached hydrogens (tertiary/aromatic N) is 3. The Morgan fingerprint density at radius 1 is 1.42 bits per heavy atom. The van der Waals surface area contributed by atoms with Crippen LogP contribution >= 0.6 is 0 Å². The molecule has 0 amide bonds. The first-order chi connectivity index (χ1) is 9.27. The van der Waals surface area contributed by atoms with Crippen molar-refractivity contribution in [3.05, 3.63) is 17.8 Å². The zero-order valence-corrected chi connectivity index (χ0v) is 10.9. The lowest BCUT2D eigenvalue weighted by atomic mass is 9.90. The van der Waals surface area contributed by atoms with E-state index in [1.54, 1.807) is 12.3 Å². The van der Waals surface area contributed by atoms with Gasteiger partial charge in [-0.15, -0.1) is 5.10 Å². The van der Waals surface area contributed by atoms with E-state index in [0.29, 0.717) is 18.2 Å². The number of amidine groups is 1. The van der Waals surface area contributed by atoms with E-state index in [9.17, 15) is 0 Å². The van der Waals surface area contributed by atoms with Gasteiger partial charge >= 0.3 is 0 Å². The van der Waals surface area contributed by atoms with E-state index in [4.69, 9.17) is 15.9 Å². The Morgan fingerprint density at radius 3 is 3.11 bits per heavy atom. The quantitative estimate of drug-likeness (QED) is 0.610. The second-order valence-electron chi connectivity index (χ2n) is 5.14. The third kappa shape index (κ3) is 2.28. The summed E-state index contributed by atoms with van der Waals surface area (Å²) < 4.78 is 5.86. The number of nitrogen functional groups attached to an aromatic ring is 1. The molecular weight excluding hydrogens is 242 g/mol. The van der Waals surface area contributed by atoms with Crippen molar-refractivity contribution in [1.29, 1.82) is 5.41 Å². The van der Waals surface area contributed by atoms with Crippen LogP contribution in [-0.4, -0.2) is 41.3 Å². The molecule has 1 aliphatic heterocycles. The molecule has 1 aromatic heterocycles. The van der Waals surface area contributed by atoms with E-state index >= 15 is 0 Å². The largest absolute Gasteiger partial charge is 0.384 e. The molecule has 2 heterocycles. The lowest BCUT2D eigenvalue weighted by molar-refractivity contribution is -0.00905. The predicted octanol–water partition coefficient (Wildman–Crippen LogP) is 0.908. The molecule has 0 aromatic carbocycles. The lowest BCUT2D eigenvalue weighted by Crippen LogP contribution is -2.53. The van der Waals surface area contributed by atoms with Crippen molar-refractivity contribution in [3.63, 3.8) is 0 Å². The summed E-state index contributed by atoms with van der Waals surface area (Å²) in [5, 5.41) is 15.8. The number of rotatable bonds is 2.